The number of hydrogen-bond acceptors (Lipinski definition) is 3. The molecular formula is C59H39NO2. The molecule has 0 fully saturated rings. The predicted octanol–water partition coefficient (Wildman–Crippen LogP) is 16.9. The van der Waals surface area contributed by atoms with Crippen LogP contribution < -0.4 is 4.90 Å². The highest BCUT2D eigenvalue weighted by atomic mass is 16.3. The molecule has 3 nitrogen and oxygen atoms in total. The molecule has 3 heteroatoms. The summed E-state index contributed by atoms with van der Waals surface area (Å²) < 4.78 is 13.6. The number of hydrogen-bond donors (Lipinski definition) is 0. The highest BCUT2D eigenvalue weighted by Gasteiger charge is 2.36. The molecule has 0 spiro atoms. The minimum atomic E-state index is -0.163. The molecule has 0 saturated heterocycles. The molecule has 0 N–H and O–H groups in total. The Morgan fingerprint density at radius 1 is 0.387 bits per heavy atom. The second kappa shape index (κ2) is 13.1. The molecule has 0 aliphatic heterocycles. The maximum Gasteiger partial charge on any atom is 0.143 e. The van der Waals surface area contributed by atoms with Crippen LogP contribution in [-0.4, -0.2) is 0 Å². The van der Waals surface area contributed by atoms with Crippen molar-refractivity contribution in [3.63, 3.8) is 0 Å². The molecule has 0 radical (unpaired) electrons. The van der Waals surface area contributed by atoms with Gasteiger partial charge in [0.1, 0.15) is 22.3 Å². The summed E-state index contributed by atoms with van der Waals surface area (Å²) in [6.45, 7) is 4.70. The van der Waals surface area contributed by atoms with Gasteiger partial charge >= 0.3 is 0 Å². The molecule has 0 bridgehead atoms. The number of rotatable bonds is 5. The van der Waals surface area contributed by atoms with Crippen LogP contribution in [0.15, 0.2) is 209 Å². The van der Waals surface area contributed by atoms with Gasteiger partial charge in [-0.25, -0.2) is 0 Å². The zero-order valence-electron chi connectivity index (χ0n) is 34.3. The predicted molar refractivity (Wildman–Crippen MR) is 259 cm³/mol. The van der Waals surface area contributed by atoms with Crippen LogP contribution in [0.4, 0.5) is 17.1 Å². The van der Waals surface area contributed by atoms with E-state index in [0.717, 1.165) is 83.2 Å². The smallest absolute Gasteiger partial charge is 0.143 e. The lowest BCUT2D eigenvalue weighted by molar-refractivity contribution is 0.660. The molecule has 1 aliphatic rings. The van der Waals surface area contributed by atoms with Crippen LogP contribution in [0.2, 0.25) is 0 Å². The first-order chi connectivity index (χ1) is 30.5. The Bertz CT molecular complexity index is 3780. The van der Waals surface area contributed by atoms with Crippen molar-refractivity contribution in [3.8, 4) is 33.4 Å². The van der Waals surface area contributed by atoms with E-state index in [4.69, 9.17) is 8.83 Å². The first kappa shape index (κ1) is 34.9. The summed E-state index contributed by atoms with van der Waals surface area (Å²) in [5, 5.41) is 9.17. The molecule has 2 heterocycles. The van der Waals surface area contributed by atoms with E-state index in [1.54, 1.807) is 0 Å². The molecular weight excluding hydrogens is 755 g/mol. The molecule has 0 amide bonds. The second-order valence-corrected chi connectivity index (χ2v) is 17.2. The van der Waals surface area contributed by atoms with Gasteiger partial charge in [0.2, 0.25) is 0 Å². The number of para-hydroxylation sites is 2. The molecule has 1 aliphatic carbocycles. The summed E-state index contributed by atoms with van der Waals surface area (Å²) >= 11 is 0. The monoisotopic (exact) mass is 793 g/mol. The van der Waals surface area contributed by atoms with Crippen molar-refractivity contribution in [3.05, 3.63) is 211 Å². The standard InChI is InChI=1S/C59H39NO2/c1-59(2)50-24-9-7-19-44(50)45-33-32-40(35-51(45)59)60(39-30-28-37(29-31-39)43-21-12-23-48-46-20-8-10-26-53(46)61-57(43)48)52-25-13-27-54-56(52)49-34-38-15-4-6-18-42(38)55(58(49)62-54)47-22-11-16-36-14-3-5-17-41(36)47/h3-35H,1-2H3. The van der Waals surface area contributed by atoms with Gasteiger partial charge in [0.15, 0.2) is 0 Å². The van der Waals surface area contributed by atoms with Crippen molar-refractivity contribution >= 4 is 82.5 Å². The van der Waals surface area contributed by atoms with Crippen molar-refractivity contribution in [2.45, 2.75) is 19.3 Å². The summed E-state index contributed by atoms with van der Waals surface area (Å²) in [6, 6.07) is 72.4. The maximum absolute atomic E-state index is 7.11. The van der Waals surface area contributed by atoms with E-state index in [1.807, 2.05) is 12.1 Å². The van der Waals surface area contributed by atoms with Gasteiger partial charge in [-0.3, -0.25) is 0 Å². The maximum atomic E-state index is 7.11. The molecule has 10 aromatic carbocycles. The van der Waals surface area contributed by atoms with Crippen molar-refractivity contribution < 1.29 is 8.83 Å². The molecule has 2 aromatic heterocycles. The largest absolute Gasteiger partial charge is 0.455 e. The Kier molecular flexibility index (Phi) is 7.36. The van der Waals surface area contributed by atoms with Crippen molar-refractivity contribution in [2.24, 2.45) is 0 Å². The van der Waals surface area contributed by atoms with E-state index < -0.39 is 0 Å². The third-order valence-corrected chi connectivity index (χ3v) is 13.5. The number of benzene rings is 10. The van der Waals surface area contributed by atoms with Gasteiger partial charge < -0.3 is 13.7 Å². The van der Waals surface area contributed by atoms with E-state index in [0.29, 0.717) is 0 Å². The van der Waals surface area contributed by atoms with E-state index in [9.17, 15) is 0 Å². The molecule has 0 unspecified atom stereocenters. The van der Waals surface area contributed by atoms with Gasteiger partial charge in [0.05, 0.1) is 11.1 Å². The van der Waals surface area contributed by atoms with Gasteiger partial charge in [-0.15, -0.1) is 0 Å². The lowest BCUT2D eigenvalue weighted by Gasteiger charge is -2.29. The van der Waals surface area contributed by atoms with Gasteiger partial charge in [0.25, 0.3) is 0 Å². The van der Waals surface area contributed by atoms with Crippen LogP contribution >= 0.6 is 0 Å². The van der Waals surface area contributed by atoms with Gasteiger partial charge in [0, 0.05) is 44.1 Å². The summed E-state index contributed by atoms with van der Waals surface area (Å²) in [4.78, 5) is 2.43. The number of anilines is 3. The average Bonchev–Trinajstić information content (AvgIpc) is 3.96. The summed E-state index contributed by atoms with van der Waals surface area (Å²) in [7, 11) is 0. The third kappa shape index (κ3) is 5.00. The van der Waals surface area contributed by atoms with Crippen molar-refractivity contribution in [1.82, 2.24) is 0 Å². The Morgan fingerprint density at radius 3 is 1.89 bits per heavy atom. The third-order valence-electron chi connectivity index (χ3n) is 13.5. The van der Waals surface area contributed by atoms with Crippen molar-refractivity contribution in [1.29, 1.82) is 0 Å². The van der Waals surface area contributed by atoms with Gasteiger partial charge in [-0.2, -0.15) is 0 Å². The Labute approximate surface area is 358 Å². The van der Waals surface area contributed by atoms with Crippen molar-refractivity contribution in [2.75, 3.05) is 4.90 Å². The fourth-order valence-corrected chi connectivity index (χ4v) is 10.5. The zero-order valence-corrected chi connectivity index (χ0v) is 34.3. The number of furan rings is 2. The molecule has 0 atom stereocenters. The lowest BCUT2D eigenvalue weighted by atomic mass is 9.82. The SMILES string of the molecule is CC1(C)c2ccccc2-c2ccc(N(c3ccc(-c4cccc5c4oc4ccccc45)cc3)c3cccc4oc5c(-c6cccc7ccccc67)c6ccccc6cc5c34)cc21. The van der Waals surface area contributed by atoms with E-state index in [1.165, 1.54) is 43.8 Å². The Hall–Kier alpha value is -7.88. The normalized spacial score (nSPS) is 13.1. The van der Waals surface area contributed by atoms with E-state index in [2.05, 4.69) is 207 Å². The fourth-order valence-electron chi connectivity index (χ4n) is 10.5. The van der Waals surface area contributed by atoms with Crippen LogP contribution in [0.25, 0.3) is 98.8 Å². The number of nitrogens with zero attached hydrogens (tertiary/aromatic N) is 1. The van der Waals surface area contributed by atoms with Crippen LogP contribution in [0.3, 0.4) is 0 Å². The first-order valence-corrected chi connectivity index (χ1v) is 21.4. The summed E-state index contributed by atoms with van der Waals surface area (Å²) in [5.41, 5.74) is 16.3. The van der Waals surface area contributed by atoms with Gasteiger partial charge in [-0.05, 0) is 103 Å². The molecule has 13 rings (SSSR count). The molecule has 62 heavy (non-hydrogen) atoms. The minimum Gasteiger partial charge on any atom is -0.455 e. The average molecular weight is 794 g/mol. The minimum absolute atomic E-state index is 0.163. The molecule has 292 valence electrons. The number of fused-ring (bicyclic) bond motifs is 11. The highest BCUT2D eigenvalue weighted by molar-refractivity contribution is 6.23. The van der Waals surface area contributed by atoms with E-state index >= 15 is 0 Å². The molecule has 0 saturated carbocycles. The summed E-state index contributed by atoms with van der Waals surface area (Å²) in [5.74, 6) is 0. The quantitative estimate of drug-likeness (QED) is 0.174. The van der Waals surface area contributed by atoms with Crippen LogP contribution in [-0.2, 0) is 5.41 Å². The lowest BCUT2D eigenvalue weighted by Crippen LogP contribution is -2.16. The second-order valence-electron chi connectivity index (χ2n) is 17.2. The Balaban J connectivity index is 1.06. The fraction of sp³-hybridized carbons (Fsp3) is 0.0508. The highest BCUT2D eigenvalue weighted by Crippen LogP contribution is 2.52. The molecule has 12 aromatic rings. The first-order valence-electron chi connectivity index (χ1n) is 21.4. The zero-order chi connectivity index (χ0) is 41.1. The van der Waals surface area contributed by atoms with Crippen LogP contribution in [0, 0.1) is 0 Å². The van der Waals surface area contributed by atoms with Crippen LogP contribution in [0.1, 0.15) is 25.0 Å². The topological polar surface area (TPSA) is 29.5 Å². The summed E-state index contributed by atoms with van der Waals surface area (Å²) in [6.07, 6.45) is 0. The van der Waals surface area contributed by atoms with E-state index in [-0.39, 0.29) is 5.41 Å². The van der Waals surface area contributed by atoms with Gasteiger partial charge in [-0.1, -0.05) is 166 Å². The van der Waals surface area contributed by atoms with Crippen LogP contribution in [0.5, 0.6) is 0 Å². The Morgan fingerprint density at radius 2 is 1.00 bits per heavy atom.